The molecule has 3 nitrogen and oxygen atoms in total. The van der Waals surface area contributed by atoms with Crippen LogP contribution in [0.15, 0.2) is 18.2 Å². The Hall–Kier alpha value is -1.29. The van der Waals surface area contributed by atoms with E-state index in [4.69, 9.17) is 11.6 Å². The van der Waals surface area contributed by atoms with Crippen LogP contribution in [0.5, 0.6) is 0 Å². The second kappa shape index (κ2) is 4.81. The minimum Gasteiger partial charge on any atom is -0.341 e. The van der Waals surface area contributed by atoms with Crippen molar-refractivity contribution in [3.8, 4) is 0 Å². The van der Waals surface area contributed by atoms with Gasteiger partial charge in [0.25, 0.3) is 0 Å². The lowest BCUT2D eigenvalue weighted by Gasteiger charge is -2.04. The van der Waals surface area contributed by atoms with Crippen LogP contribution in [-0.2, 0) is 6.54 Å². The van der Waals surface area contributed by atoms with Crippen LogP contribution < -0.4 is 10.6 Å². The van der Waals surface area contributed by atoms with E-state index in [0.717, 1.165) is 5.56 Å². The van der Waals surface area contributed by atoms with E-state index in [1.807, 2.05) is 0 Å². The van der Waals surface area contributed by atoms with Crippen LogP contribution in [0.3, 0.4) is 0 Å². The molecule has 5 heteroatoms. The summed E-state index contributed by atoms with van der Waals surface area (Å²) in [4.78, 5) is 10.8. The molecule has 0 aromatic heterocycles. The quantitative estimate of drug-likeness (QED) is 0.779. The van der Waals surface area contributed by atoms with Gasteiger partial charge in [-0.25, -0.2) is 9.18 Å². The lowest BCUT2D eigenvalue weighted by Crippen LogP contribution is -2.32. The molecule has 1 aromatic rings. The van der Waals surface area contributed by atoms with Crippen LogP contribution >= 0.6 is 11.6 Å². The molecule has 0 spiro atoms. The molecule has 0 bridgehead atoms. The fourth-order valence-electron chi connectivity index (χ4n) is 0.920. The Kier molecular flexibility index (Phi) is 3.71. The molecule has 0 atom stereocenters. The van der Waals surface area contributed by atoms with Crippen molar-refractivity contribution in [3.05, 3.63) is 34.6 Å². The molecular formula is C9H10ClFN2O. The highest BCUT2D eigenvalue weighted by atomic mass is 35.5. The van der Waals surface area contributed by atoms with Gasteiger partial charge in [0.15, 0.2) is 0 Å². The molecule has 1 rings (SSSR count). The zero-order valence-electron chi connectivity index (χ0n) is 7.60. The maximum absolute atomic E-state index is 12.7. The highest BCUT2D eigenvalue weighted by Crippen LogP contribution is 2.15. The Bertz CT molecular complexity index is 344. The lowest BCUT2D eigenvalue weighted by atomic mass is 10.2. The highest BCUT2D eigenvalue weighted by Gasteiger charge is 2.01. The summed E-state index contributed by atoms with van der Waals surface area (Å²) in [5, 5.41) is 5.02. The molecule has 76 valence electrons. The van der Waals surface area contributed by atoms with Crippen LogP contribution in [0.25, 0.3) is 0 Å². The van der Waals surface area contributed by atoms with Gasteiger partial charge in [-0.3, -0.25) is 0 Å². The zero-order valence-corrected chi connectivity index (χ0v) is 8.36. The molecular weight excluding hydrogens is 207 g/mol. The number of benzene rings is 1. The SMILES string of the molecule is CNC(=O)NCc1ccc(F)c(Cl)c1. The molecule has 0 aliphatic carbocycles. The normalized spacial score (nSPS) is 9.64. The van der Waals surface area contributed by atoms with Crippen molar-refractivity contribution in [3.63, 3.8) is 0 Å². The molecule has 0 unspecified atom stereocenters. The van der Waals surface area contributed by atoms with Crippen molar-refractivity contribution in [2.45, 2.75) is 6.54 Å². The molecule has 14 heavy (non-hydrogen) atoms. The molecule has 0 aliphatic heterocycles. The first kappa shape index (κ1) is 10.8. The Balaban J connectivity index is 2.60. The van der Waals surface area contributed by atoms with Gasteiger partial charge in [-0.1, -0.05) is 17.7 Å². The monoisotopic (exact) mass is 216 g/mol. The smallest absolute Gasteiger partial charge is 0.314 e. The summed E-state index contributed by atoms with van der Waals surface area (Å²) in [6.45, 7) is 0.319. The van der Waals surface area contributed by atoms with E-state index in [1.165, 1.54) is 19.2 Å². The van der Waals surface area contributed by atoms with Gasteiger partial charge in [0, 0.05) is 13.6 Å². The first-order valence-corrected chi connectivity index (χ1v) is 4.41. The molecule has 0 saturated heterocycles. The molecule has 1 aromatic carbocycles. The van der Waals surface area contributed by atoms with Gasteiger partial charge in [0.2, 0.25) is 0 Å². The molecule has 0 radical (unpaired) electrons. The molecule has 2 N–H and O–H groups in total. The number of hydrogen-bond acceptors (Lipinski definition) is 1. The summed E-state index contributed by atoms with van der Waals surface area (Å²) in [6.07, 6.45) is 0. The Labute approximate surface area is 86.3 Å². The van der Waals surface area contributed by atoms with Crippen LogP contribution in [0.2, 0.25) is 5.02 Å². The molecule has 0 heterocycles. The molecule has 2 amide bonds. The Morgan fingerprint density at radius 2 is 2.29 bits per heavy atom. The summed E-state index contributed by atoms with van der Waals surface area (Å²) in [7, 11) is 1.52. The maximum atomic E-state index is 12.7. The third-order valence-electron chi connectivity index (χ3n) is 1.66. The largest absolute Gasteiger partial charge is 0.341 e. The van der Waals surface area contributed by atoms with Crippen molar-refractivity contribution in [2.75, 3.05) is 7.05 Å². The topological polar surface area (TPSA) is 41.1 Å². The number of carbonyl (C=O) groups excluding carboxylic acids is 1. The summed E-state index contributed by atoms with van der Waals surface area (Å²) in [6, 6.07) is 4.03. The van der Waals surface area contributed by atoms with E-state index in [9.17, 15) is 9.18 Å². The third kappa shape index (κ3) is 2.88. The molecule has 0 aliphatic rings. The van der Waals surface area contributed by atoms with E-state index < -0.39 is 5.82 Å². The minimum absolute atomic E-state index is 0.0567. The number of nitrogens with one attached hydrogen (secondary N) is 2. The van der Waals surface area contributed by atoms with E-state index in [-0.39, 0.29) is 11.1 Å². The van der Waals surface area contributed by atoms with Crippen molar-refractivity contribution in [1.29, 1.82) is 0 Å². The predicted octanol–water partition coefficient (Wildman–Crippen LogP) is 1.91. The molecule has 0 fully saturated rings. The summed E-state index contributed by atoms with van der Waals surface area (Å²) < 4.78 is 12.7. The van der Waals surface area contributed by atoms with Crippen LogP contribution in [0, 0.1) is 5.82 Å². The Morgan fingerprint density at radius 3 is 2.86 bits per heavy atom. The van der Waals surface area contributed by atoms with E-state index in [1.54, 1.807) is 6.07 Å². The number of amides is 2. The number of hydrogen-bond donors (Lipinski definition) is 2. The number of urea groups is 1. The van der Waals surface area contributed by atoms with Crippen molar-refractivity contribution < 1.29 is 9.18 Å². The molecule has 0 saturated carbocycles. The standard InChI is InChI=1S/C9H10ClFN2O/c1-12-9(14)13-5-6-2-3-8(11)7(10)4-6/h2-4H,5H2,1H3,(H2,12,13,14). The van der Waals surface area contributed by atoms with Gasteiger partial charge in [-0.2, -0.15) is 0 Å². The Morgan fingerprint density at radius 1 is 1.57 bits per heavy atom. The van der Waals surface area contributed by atoms with E-state index in [2.05, 4.69) is 10.6 Å². The van der Waals surface area contributed by atoms with Gasteiger partial charge < -0.3 is 10.6 Å². The van der Waals surface area contributed by atoms with Gasteiger partial charge in [0.05, 0.1) is 5.02 Å². The summed E-state index contributed by atoms with van der Waals surface area (Å²) in [5.41, 5.74) is 0.750. The number of halogens is 2. The maximum Gasteiger partial charge on any atom is 0.314 e. The van der Waals surface area contributed by atoms with Gasteiger partial charge in [0.1, 0.15) is 5.82 Å². The predicted molar refractivity (Wildman–Crippen MR) is 52.7 cm³/mol. The fraction of sp³-hybridized carbons (Fsp3) is 0.222. The van der Waals surface area contributed by atoms with Crippen LogP contribution in [-0.4, -0.2) is 13.1 Å². The third-order valence-corrected chi connectivity index (χ3v) is 1.95. The first-order valence-electron chi connectivity index (χ1n) is 4.03. The second-order valence-electron chi connectivity index (χ2n) is 2.68. The second-order valence-corrected chi connectivity index (χ2v) is 3.09. The fourth-order valence-corrected chi connectivity index (χ4v) is 1.12. The van der Waals surface area contributed by atoms with Crippen LogP contribution in [0.4, 0.5) is 9.18 Å². The first-order chi connectivity index (χ1) is 6.63. The number of rotatable bonds is 2. The zero-order chi connectivity index (χ0) is 10.6. The van der Waals surface area contributed by atoms with E-state index >= 15 is 0 Å². The van der Waals surface area contributed by atoms with Gasteiger partial charge >= 0.3 is 6.03 Å². The van der Waals surface area contributed by atoms with E-state index in [0.29, 0.717) is 6.54 Å². The lowest BCUT2D eigenvalue weighted by molar-refractivity contribution is 0.242. The average molecular weight is 217 g/mol. The highest BCUT2D eigenvalue weighted by molar-refractivity contribution is 6.30. The van der Waals surface area contributed by atoms with Gasteiger partial charge in [-0.15, -0.1) is 0 Å². The summed E-state index contributed by atoms with van der Waals surface area (Å²) in [5.74, 6) is -0.463. The number of carbonyl (C=O) groups is 1. The van der Waals surface area contributed by atoms with Gasteiger partial charge in [-0.05, 0) is 17.7 Å². The van der Waals surface area contributed by atoms with Crippen LogP contribution in [0.1, 0.15) is 5.56 Å². The van der Waals surface area contributed by atoms with Crippen molar-refractivity contribution in [2.24, 2.45) is 0 Å². The minimum atomic E-state index is -0.463. The summed E-state index contributed by atoms with van der Waals surface area (Å²) >= 11 is 5.56. The average Bonchev–Trinajstić information content (AvgIpc) is 2.19. The van der Waals surface area contributed by atoms with Crippen molar-refractivity contribution >= 4 is 17.6 Å². The van der Waals surface area contributed by atoms with Crippen molar-refractivity contribution in [1.82, 2.24) is 10.6 Å².